The SMILES string of the molecule is Cc1nc(C)c(-c2cc(C(=O)O)c3c(Br)cccc3n2)s1. The molecule has 0 amide bonds. The summed E-state index contributed by atoms with van der Waals surface area (Å²) >= 11 is 4.92. The predicted molar refractivity (Wildman–Crippen MR) is 87.0 cm³/mol. The van der Waals surface area contributed by atoms with Crippen LogP contribution in [0.1, 0.15) is 21.1 Å². The zero-order valence-electron chi connectivity index (χ0n) is 11.3. The second kappa shape index (κ2) is 5.20. The van der Waals surface area contributed by atoms with Gasteiger partial charge in [-0.25, -0.2) is 14.8 Å². The smallest absolute Gasteiger partial charge is 0.336 e. The molecule has 0 unspecified atom stereocenters. The maximum absolute atomic E-state index is 11.6. The van der Waals surface area contributed by atoms with Gasteiger partial charge in [-0.3, -0.25) is 0 Å². The lowest BCUT2D eigenvalue weighted by atomic mass is 10.1. The first-order valence-electron chi connectivity index (χ1n) is 6.24. The molecule has 2 heterocycles. The van der Waals surface area contributed by atoms with E-state index in [1.54, 1.807) is 6.07 Å². The maximum atomic E-state index is 11.6. The Bertz CT molecular complexity index is 873. The lowest BCUT2D eigenvalue weighted by molar-refractivity contribution is 0.0699. The van der Waals surface area contributed by atoms with Gasteiger partial charge in [0.05, 0.1) is 32.4 Å². The molecule has 1 aromatic carbocycles. The lowest BCUT2D eigenvalue weighted by Gasteiger charge is -2.07. The molecule has 4 nitrogen and oxygen atoms in total. The number of halogens is 1. The third-order valence-electron chi connectivity index (χ3n) is 3.15. The van der Waals surface area contributed by atoms with Crippen molar-refractivity contribution < 1.29 is 9.90 Å². The fraction of sp³-hybridized carbons (Fsp3) is 0.133. The second-order valence-electron chi connectivity index (χ2n) is 4.64. The summed E-state index contributed by atoms with van der Waals surface area (Å²) in [5.74, 6) is -0.963. The van der Waals surface area contributed by atoms with E-state index in [1.807, 2.05) is 32.0 Å². The number of hydrogen-bond donors (Lipinski definition) is 1. The van der Waals surface area contributed by atoms with Gasteiger partial charge in [-0.1, -0.05) is 22.0 Å². The number of pyridine rings is 1. The average molecular weight is 363 g/mol. The van der Waals surface area contributed by atoms with Crippen LogP contribution in [0.4, 0.5) is 0 Å². The van der Waals surface area contributed by atoms with Crippen molar-refractivity contribution in [2.45, 2.75) is 13.8 Å². The third kappa shape index (κ3) is 2.45. The molecule has 0 bridgehead atoms. The first-order valence-corrected chi connectivity index (χ1v) is 7.85. The number of aromatic carboxylic acids is 1. The Kier molecular flexibility index (Phi) is 3.51. The second-order valence-corrected chi connectivity index (χ2v) is 6.70. The van der Waals surface area contributed by atoms with E-state index in [2.05, 4.69) is 25.9 Å². The van der Waals surface area contributed by atoms with Gasteiger partial charge in [0.25, 0.3) is 0 Å². The van der Waals surface area contributed by atoms with Gasteiger partial charge >= 0.3 is 5.97 Å². The van der Waals surface area contributed by atoms with Crippen molar-refractivity contribution in [3.05, 3.63) is 45.0 Å². The van der Waals surface area contributed by atoms with Crippen molar-refractivity contribution in [3.8, 4) is 10.6 Å². The number of carboxylic acid groups (broad SMARTS) is 1. The van der Waals surface area contributed by atoms with Crippen molar-refractivity contribution >= 4 is 44.1 Å². The number of carbonyl (C=O) groups is 1. The van der Waals surface area contributed by atoms with Crippen LogP contribution in [0.25, 0.3) is 21.5 Å². The molecule has 106 valence electrons. The number of aromatic nitrogens is 2. The van der Waals surface area contributed by atoms with Gasteiger partial charge in [0.15, 0.2) is 0 Å². The molecule has 0 aliphatic heterocycles. The van der Waals surface area contributed by atoms with Crippen LogP contribution in [0, 0.1) is 13.8 Å². The molecule has 0 aliphatic rings. The molecule has 0 saturated carbocycles. The Morgan fingerprint density at radius 1 is 1.29 bits per heavy atom. The Hall–Kier alpha value is -1.79. The quantitative estimate of drug-likeness (QED) is 0.731. The van der Waals surface area contributed by atoms with Crippen molar-refractivity contribution in [3.63, 3.8) is 0 Å². The van der Waals surface area contributed by atoms with Gasteiger partial charge in [0.2, 0.25) is 0 Å². The van der Waals surface area contributed by atoms with Gasteiger partial charge in [-0.2, -0.15) is 0 Å². The average Bonchev–Trinajstić information content (AvgIpc) is 2.76. The summed E-state index contributed by atoms with van der Waals surface area (Å²) in [4.78, 5) is 21.5. The molecule has 1 N–H and O–H groups in total. The minimum absolute atomic E-state index is 0.243. The number of fused-ring (bicyclic) bond motifs is 1. The van der Waals surface area contributed by atoms with Crippen LogP contribution in [0.15, 0.2) is 28.7 Å². The van der Waals surface area contributed by atoms with E-state index in [1.165, 1.54) is 11.3 Å². The molecule has 0 fully saturated rings. The molecule has 21 heavy (non-hydrogen) atoms. The lowest BCUT2D eigenvalue weighted by Crippen LogP contribution is -2.00. The maximum Gasteiger partial charge on any atom is 0.336 e. The number of aryl methyl sites for hydroxylation is 2. The van der Waals surface area contributed by atoms with Crippen molar-refractivity contribution in [2.75, 3.05) is 0 Å². The number of thiazole rings is 1. The number of nitrogens with zero attached hydrogens (tertiary/aromatic N) is 2. The van der Waals surface area contributed by atoms with E-state index in [9.17, 15) is 9.90 Å². The Balaban J connectivity index is 2.36. The molecule has 0 spiro atoms. The van der Waals surface area contributed by atoms with Gasteiger partial charge in [0, 0.05) is 9.86 Å². The molecule has 3 aromatic rings. The summed E-state index contributed by atoms with van der Waals surface area (Å²) in [6.45, 7) is 3.84. The summed E-state index contributed by atoms with van der Waals surface area (Å²) in [5.41, 5.74) is 2.43. The largest absolute Gasteiger partial charge is 0.478 e. The molecular formula is C15H11BrN2O2S. The topological polar surface area (TPSA) is 63.1 Å². The highest BCUT2D eigenvalue weighted by Crippen LogP contribution is 2.33. The van der Waals surface area contributed by atoms with E-state index in [0.717, 1.165) is 20.1 Å². The number of hydrogen-bond acceptors (Lipinski definition) is 4. The van der Waals surface area contributed by atoms with Crippen molar-refractivity contribution in [1.82, 2.24) is 9.97 Å². The number of benzene rings is 1. The van der Waals surface area contributed by atoms with Crippen LogP contribution in [-0.4, -0.2) is 21.0 Å². The van der Waals surface area contributed by atoms with Gasteiger partial charge in [-0.15, -0.1) is 11.3 Å². The van der Waals surface area contributed by atoms with Crippen molar-refractivity contribution in [1.29, 1.82) is 0 Å². The Morgan fingerprint density at radius 3 is 2.67 bits per heavy atom. The van der Waals surface area contributed by atoms with E-state index in [4.69, 9.17) is 0 Å². The highest BCUT2D eigenvalue weighted by molar-refractivity contribution is 9.10. The van der Waals surface area contributed by atoms with Gasteiger partial charge in [0.1, 0.15) is 0 Å². The minimum atomic E-state index is -0.963. The molecular weight excluding hydrogens is 352 g/mol. The molecule has 6 heteroatoms. The minimum Gasteiger partial charge on any atom is -0.478 e. The van der Waals surface area contributed by atoms with Crippen LogP contribution in [0.3, 0.4) is 0 Å². The fourth-order valence-corrected chi connectivity index (χ4v) is 3.75. The van der Waals surface area contributed by atoms with Crippen LogP contribution in [-0.2, 0) is 0 Å². The van der Waals surface area contributed by atoms with Crippen LogP contribution in [0.2, 0.25) is 0 Å². The molecule has 3 rings (SSSR count). The Morgan fingerprint density at radius 2 is 2.05 bits per heavy atom. The third-order valence-corrected chi connectivity index (χ3v) is 4.91. The molecule has 0 aliphatic carbocycles. The zero-order chi connectivity index (χ0) is 15.1. The molecule has 0 radical (unpaired) electrons. The summed E-state index contributed by atoms with van der Waals surface area (Å²) in [6.07, 6.45) is 0. The number of rotatable bonds is 2. The van der Waals surface area contributed by atoms with Crippen molar-refractivity contribution in [2.24, 2.45) is 0 Å². The van der Waals surface area contributed by atoms with Crippen LogP contribution in [0.5, 0.6) is 0 Å². The highest BCUT2D eigenvalue weighted by Gasteiger charge is 2.17. The van der Waals surface area contributed by atoms with Crippen LogP contribution < -0.4 is 0 Å². The monoisotopic (exact) mass is 362 g/mol. The first-order chi connectivity index (χ1) is 9.97. The molecule has 2 aromatic heterocycles. The molecule has 0 saturated heterocycles. The predicted octanol–water partition coefficient (Wildman–Crippen LogP) is 4.44. The van der Waals surface area contributed by atoms with E-state index in [0.29, 0.717) is 16.6 Å². The normalized spacial score (nSPS) is 11.0. The first kappa shape index (κ1) is 14.2. The van der Waals surface area contributed by atoms with E-state index < -0.39 is 5.97 Å². The van der Waals surface area contributed by atoms with Gasteiger partial charge < -0.3 is 5.11 Å². The summed E-state index contributed by atoms with van der Waals surface area (Å²) in [6, 6.07) is 7.10. The summed E-state index contributed by atoms with van der Waals surface area (Å²) in [7, 11) is 0. The Labute approximate surface area is 133 Å². The van der Waals surface area contributed by atoms with Gasteiger partial charge in [-0.05, 0) is 32.0 Å². The van der Waals surface area contributed by atoms with E-state index in [-0.39, 0.29) is 5.56 Å². The zero-order valence-corrected chi connectivity index (χ0v) is 13.7. The fourth-order valence-electron chi connectivity index (χ4n) is 2.30. The molecule has 0 atom stereocenters. The van der Waals surface area contributed by atoms with E-state index >= 15 is 0 Å². The highest BCUT2D eigenvalue weighted by atomic mass is 79.9. The van der Waals surface area contributed by atoms with Crippen LogP contribution >= 0.6 is 27.3 Å². The number of carboxylic acids is 1. The summed E-state index contributed by atoms with van der Waals surface area (Å²) < 4.78 is 0.730. The summed E-state index contributed by atoms with van der Waals surface area (Å²) in [5, 5.41) is 11.1. The standard InChI is InChI=1S/C15H11BrN2O2S/c1-7-14(21-8(2)17-7)12-6-9(15(19)20)13-10(16)4-3-5-11(13)18-12/h3-6H,1-2H3,(H,19,20).